The van der Waals surface area contributed by atoms with Crippen molar-refractivity contribution in [3.05, 3.63) is 54.1 Å². The van der Waals surface area contributed by atoms with Crippen LogP contribution in [-0.4, -0.2) is 47.8 Å². The highest BCUT2D eigenvalue weighted by molar-refractivity contribution is 7.96. The van der Waals surface area contributed by atoms with Crippen LogP contribution in [0.3, 0.4) is 0 Å². The van der Waals surface area contributed by atoms with Gasteiger partial charge in [-0.05, 0) is 43.7 Å². The van der Waals surface area contributed by atoms with Crippen molar-refractivity contribution < 1.29 is 30.0 Å². The van der Waals surface area contributed by atoms with Crippen LogP contribution >= 0.6 is 0 Å². The van der Waals surface area contributed by atoms with Crippen molar-refractivity contribution in [2.45, 2.75) is 28.4 Å². The lowest BCUT2D eigenvalue weighted by Crippen LogP contribution is -2.23. The molecular weight excluding hydrogens is 438 g/mol. The summed E-state index contributed by atoms with van der Waals surface area (Å²) < 4.78 is 76.5. The van der Waals surface area contributed by atoms with Crippen molar-refractivity contribution in [1.82, 2.24) is 0 Å². The fraction of sp³-hybridized carbons (Fsp3) is 0.278. The van der Waals surface area contributed by atoms with Gasteiger partial charge in [-0.25, -0.2) is 25.3 Å². The smallest absolute Gasteiger partial charge is 0.261 e. The zero-order valence-electron chi connectivity index (χ0n) is 15.4. The normalized spacial score (nSPS) is 19.0. The SMILES string of the molecule is CC(=O)c1cccc(NS(=O)(=O)c2cccc(S(=O)(=O)C3CCS(=O)(=O)C3)c2)c1. The zero-order valence-corrected chi connectivity index (χ0v) is 17.8. The van der Waals surface area contributed by atoms with Gasteiger partial charge in [0, 0.05) is 11.3 Å². The second-order valence-corrected chi connectivity index (χ2v) is 12.9. The van der Waals surface area contributed by atoms with Gasteiger partial charge < -0.3 is 0 Å². The second-order valence-electron chi connectivity index (χ2n) is 6.79. The molecule has 1 unspecified atom stereocenters. The molecule has 0 aliphatic carbocycles. The first-order chi connectivity index (χ1) is 13.4. The first kappa shape index (κ1) is 21.5. The number of carbonyl (C=O) groups is 1. The van der Waals surface area contributed by atoms with Gasteiger partial charge in [-0.3, -0.25) is 9.52 Å². The van der Waals surface area contributed by atoms with Crippen LogP contribution in [0, 0.1) is 0 Å². The number of ketones is 1. The summed E-state index contributed by atoms with van der Waals surface area (Å²) in [5, 5.41) is -1.09. The van der Waals surface area contributed by atoms with Crippen LogP contribution in [-0.2, 0) is 29.7 Å². The van der Waals surface area contributed by atoms with E-state index in [0.717, 1.165) is 6.07 Å². The molecular formula is C18H19NO7S3. The molecule has 1 heterocycles. The molecule has 11 heteroatoms. The van der Waals surface area contributed by atoms with E-state index >= 15 is 0 Å². The van der Waals surface area contributed by atoms with Gasteiger partial charge in [0.15, 0.2) is 25.5 Å². The van der Waals surface area contributed by atoms with Crippen LogP contribution < -0.4 is 4.72 Å². The minimum atomic E-state index is -4.13. The quantitative estimate of drug-likeness (QED) is 0.652. The Morgan fingerprint density at radius 2 is 1.66 bits per heavy atom. The van der Waals surface area contributed by atoms with Crippen LogP contribution in [0.2, 0.25) is 0 Å². The minimum Gasteiger partial charge on any atom is -0.295 e. The van der Waals surface area contributed by atoms with Gasteiger partial charge in [0.1, 0.15) is 0 Å². The van der Waals surface area contributed by atoms with E-state index in [1.165, 1.54) is 43.3 Å². The molecule has 156 valence electrons. The van der Waals surface area contributed by atoms with Crippen molar-refractivity contribution in [2.75, 3.05) is 16.2 Å². The summed E-state index contributed by atoms with van der Waals surface area (Å²) in [6, 6.07) is 10.7. The average Bonchev–Trinajstić information content (AvgIpc) is 3.02. The Bertz CT molecular complexity index is 1280. The predicted molar refractivity (Wildman–Crippen MR) is 108 cm³/mol. The van der Waals surface area contributed by atoms with Gasteiger partial charge in [0.2, 0.25) is 0 Å². The monoisotopic (exact) mass is 457 g/mol. The molecule has 1 aliphatic rings. The first-order valence-electron chi connectivity index (χ1n) is 8.59. The number of rotatable bonds is 6. The number of sulfone groups is 2. The number of hydrogen-bond donors (Lipinski definition) is 1. The average molecular weight is 458 g/mol. The number of benzene rings is 2. The fourth-order valence-corrected chi connectivity index (χ4v) is 8.61. The topological polar surface area (TPSA) is 132 Å². The van der Waals surface area contributed by atoms with Crippen molar-refractivity contribution in [3.63, 3.8) is 0 Å². The van der Waals surface area contributed by atoms with Gasteiger partial charge in [0.25, 0.3) is 10.0 Å². The Labute approximate surface area is 169 Å². The van der Waals surface area contributed by atoms with E-state index in [4.69, 9.17) is 0 Å². The van der Waals surface area contributed by atoms with Gasteiger partial charge in [-0.15, -0.1) is 0 Å². The summed E-state index contributed by atoms with van der Waals surface area (Å²) in [7, 11) is -11.5. The molecule has 1 N–H and O–H groups in total. The zero-order chi connectivity index (χ0) is 21.4. The fourth-order valence-electron chi connectivity index (χ4n) is 3.03. The molecule has 0 aromatic heterocycles. The van der Waals surface area contributed by atoms with E-state index in [1.54, 1.807) is 6.07 Å². The number of anilines is 1. The summed E-state index contributed by atoms with van der Waals surface area (Å²) in [5.41, 5.74) is 0.483. The molecule has 2 aromatic carbocycles. The van der Waals surface area contributed by atoms with E-state index in [0.29, 0.717) is 5.56 Å². The maximum absolute atomic E-state index is 12.8. The van der Waals surface area contributed by atoms with E-state index in [1.807, 2.05) is 0 Å². The molecule has 0 amide bonds. The Balaban J connectivity index is 1.92. The predicted octanol–water partition coefficient (Wildman–Crippen LogP) is 1.65. The van der Waals surface area contributed by atoms with Crippen LogP contribution in [0.5, 0.6) is 0 Å². The third-order valence-corrected chi connectivity index (χ3v) is 10.1. The molecule has 8 nitrogen and oxygen atoms in total. The highest BCUT2D eigenvalue weighted by Gasteiger charge is 2.38. The van der Waals surface area contributed by atoms with Crippen LogP contribution in [0.15, 0.2) is 58.3 Å². The second kappa shape index (κ2) is 7.54. The summed E-state index contributed by atoms with van der Waals surface area (Å²) in [6.45, 7) is 1.35. The Hall–Kier alpha value is -2.24. The van der Waals surface area contributed by atoms with E-state index in [2.05, 4.69) is 4.72 Å². The van der Waals surface area contributed by atoms with Gasteiger partial charge in [-0.2, -0.15) is 0 Å². The summed E-state index contributed by atoms with van der Waals surface area (Å²) in [6.07, 6.45) is -0.0161. The van der Waals surface area contributed by atoms with Crippen molar-refractivity contribution >= 4 is 41.2 Å². The summed E-state index contributed by atoms with van der Waals surface area (Å²) >= 11 is 0. The van der Waals surface area contributed by atoms with Crippen molar-refractivity contribution in [3.8, 4) is 0 Å². The molecule has 29 heavy (non-hydrogen) atoms. The van der Waals surface area contributed by atoms with Crippen LogP contribution in [0.4, 0.5) is 5.69 Å². The molecule has 0 radical (unpaired) electrons. The van der Waals surface area contributed by atoms with Gasteiger partial charge in [0.05, 0.1) is 26.5 Å². The number of hydrogen-bond acceptors (Lipinski definition) is 7. The minimum absolute atomic E-state index is 0.0161. The number of nitrogens with one attached hydrogen (secondary N) is 1. The molecule has 0 saturated carbocycles. The van der Waals surface area contributed by atoms with E-state index in [9.17, 15) is 30.0 Å². The summed E-state index contributed by atoms with van der Waals surface area (Å²) in [5.74, 6) is -0.906. The molecule has 2 aromatic rings. The molecule has 3 rings (SSSR count). The first-order valence-corrected chi connectivity index (χ1v) is 13.4. The third-order valence-electron chi connectivity index (χ3n) is 4.60. The molecule has 1 fully saturated rings. The maximum atomic E-state index is 12.8. The number of carbonyl (C=O) groups excluding carboxylic acids is 1. The largest absolute Gasteiger partial charge is 0.295 e. The highest BCUT2D eigenvalue weighted by Crippen LogP contribution is 2.27. The molecule has 1 atom stereocenters. The summed E-state index contributed by atoms with van der Waals surface area (Å²) in [4.78, 5) is 10.9. The van der Waals surface area contributed by atoms with Crippen LogP contribution in [0.1, 0.15) is 23.7 Å². The molecule has 1 saturated heterocycles. The number of sulfonamides is 1. The third kappa shape index (κ3) is 4.68. The lowest BCUT2D eigenvalue weighted by molar-refractivity contribution is 0.101. The standard InChI is InChI=1S/C18H19NO7S3/c1-13(20)14-4-2-5-15(10-14)19-29(25,26)17-7-3-6-16(11-17)28(23,24)18-8-9-27(21,22)12-18/h2-7,10-11,18-19H,8-9,12H2,1H3. The number of Topliss-reactive ketones (excluding diaryl/α,β-unsaturated/α-hetero) is 1. The lowest BCUT2D eigenvalue weighted by atomic mass is 10.1. The van der Waals surface area contributed by atoms with Gasteiger partial charge >= 0.3 is 0 Å². The van der Waals surface area contributed by atoms with Crippen LogP contribution in [0.25, 0.3) is 0 Å². The Morgan fingerprint density at radius 1 is 1.00 bits per heavy atom. The highest BCUT2D eigenvalue weighted by atomic mass is 32.2. The Morgan fingerprint density at radius 3 is 2.28 bits per heavy atom. The van der Waals surface area contributed by atoms with Gasteiger partial charge in [-0.1, -0.05) is 18.2 Å². The van der Waals surface area contributed by atoms with Crippen molar-refractivity contribution in [1.29, 1.82) is 0 Å². The van der Waals surface area contributed by atoms with Crippen molar-refractivity contribution in [2.24, 2.45) is 0 Å². The molecule has 0 bridgehead atoms. The van der Waals surface area contributed by atoms with E-state index in [-0.39, 0.29) is 33.4 Å². The Kier molecular flexibility index (Phi) is 5.58. The molecule has 1 aliphatic heterocycles. The molecule has 0 spiro atoms. The van der Waals surface area contributed by atoms with E-state index < -0.39 is 40.7 Å². The lowest BCUT2D eigenvalue weighted by Gasteiger charge is -2.13. The maximum Gasteiger partial charge on any atom is 0.261 e.